The van der Waals surface area contributed by atoms with E-state index in [1.54, 1.807) is 0 Å². The maximum absolute atomic E-state index is 10.0. The molecule has 1 saturated heterocycles. The summed E-state index contributed by atoms with van der Waals surface area (Å²) in [6.45, 7) is 3.52. The molecule has 4 heteroatoms. The Morgan fingerprint density at radius 3 is 2.54 bits per heavy atom. The van der Waals surface area contributed by atoms with E-state index in [0.29, 0.717) is 12.1 Å². The first-order valence-corrected chi connectivity index (χ1v) is 9.66. The molecule has 1 heterocycles. The highest BCUT2D eigenvalue weighted by Gasteiger charge is 2.38. The second-order valence-corrected chi connectivity index (χ2v) is 7.89. The van der Waals surface area contributed by atoms with E-state index >= 15 is 0 Å². The van der Waals surface area contributed by atoms with Gasteiger partial charge in [0.15, 0.2) is 0 Å². The normalized spacial score (nSPS) is 34.2. The van der Waals surface area contributed by atoms with Gasteiger partial charge in [-0.3, -0.25) is 4.90 Å². The molecule has 4 rings (SSSR count). The maximum atomic E-state index is 10.0. The molecule has 3 aliphatic rings. The second kappa shape index (κ2) is 6.93. The molecule has 4 unspecified atom stereocenters. The van der Waals surface area contributed by atoms with Gasteiger partial charge in [0.2, 0.25) is 0 Å². The zero-order valence-electron chi connectivity index (χ0n) is 14.7. The Labute approximate surface area is 145 Å². The SMILES string of the molecule is CC1CC(Nc2ccc(OC3CCCCC3O)cc2)CN1C1CC1. The van der Waals surface area contributed by atoms with Crippen LogP contribution in [0.2, 0.25) is 0 Å². The molecule has 2 N–H and O–H groups in total. The standard InChI is InChI=1S/C20H30N2O2/c1-14-12-16(13-22(14)17-8-9-17)21-15-6-10-18(11-7-15)24-20-5-3-2-4-19(20)23/h6-7,10-11,14,16-17,19-21,23H,2-5,8-9,12-13H2,1H3. The molecule has 1 aromatic carbocycles. The van der Waals surface area contributed by atoms with Crippen LogP contribution in [-0.2, 0) is 0 Å². The van der Waals surface area contributed by atoms with Crippen molar-refractivity contribution in [1.82, 2.24) is 4.90 Å². The minimum Gasteiger partial charge on any atom is -0.488 e. The Morgan fingerprint density at radius 1 is 1.08 bits per heavy atom. The molecular weight excluding hydrogens is 300 g/mol. The van der Waals surface area contributed by atoms with Crippen molar-refractivity contribution in [2.75, 3.05) is 11.9 Å². The molecule has 1 aliphatic heterocycles. The van der Waals surface area contributed by atoms with E-state index < -0.39 is 0 Å². The number of aliphatic hydroxyl groups is 1. The molecule has 1 aromatic rings. The van der Waals surface area contributed by atoms with Gasteiger partial charge in [0.25, 0.3) is 0 Å². The molecule has 4 atom stereocenters. The number of hydrogen-bond acceptors (Lipinski definition) is 4. The molecule has 0 amide bonds. The first-order valence-electron chi connectivity index (χ1n) is 9.66. The van der Waals surface area contributed by atoms with E-state index in [-0.39, 0.29) is 12.2 Å². The van der Waals surface area contributed by atoms with Crippen molar-refractivity contribution in [3.8, 4) is 5.75 Å². The summed E-state index contributed by atoms with van der Waals surface area (Å²) >= 11 is 0. The van der Waals surface area contributed by atoms with Crippen LogP contribution < -0.4 is 10.1 Å². The Kier molecular flexibility index (Phi) is 4.68. The number of nitrogens with one attached hydrogen (secondary N) is 1. The van der Waals surface area contributed by atoms with Crippen LogP contribution in [0, 0.1) is 0 Å². The summed E-state index contributed by atoms with van der Waals surface area (Å²) in [4.78, 5) is 2.67. The van der Waals surface area contributed by atoms with E-state index in [1.165, 1.54) is 31.5 Å². The molecular formula is C20H30N2O2. The second-order valence-electron chi connectivity index (χ2n) is 7.89. The summed E-state index contributed by atoms with van der Waals surface area (Å²) in [5.41, 5.74) is 1.17. The van der Waals surface area contributed by atoms with Crippen molar-refractivity contribution in [2.24, 2.45) is 0 Å². The van der Waals surface area contributed by atoms with Crippen LogP contribution in [0.15, 0.2) is 24.3 Å². The fourth-order valence-corrected chi connectivity index (χ4v) is 4.33. The Balaban J connectivity index is 1.31. The number of anilines is 1. The van der Waals surface area contributed by atoms with Gasteiger partial charge in [0.05, 0.1) is 6.10 Å². The van der Waals surface area contributed by atoms with Crippen molar-refractivity contribution in [2.45, 2.75) is 82.2 Å². The number of ether oxygens (including phenoxy) is 1. The van der Waals surface area contributed by atoms with Crippen LogP contribution in [0.4, 0.5) is 5.69 Å². The zero-order valence-corrected chi connectivity index (χ0v) is 14.7. The molecule has 0 bridgehead atoms. The van der Waals surface area contributed by atoms with E-state index in [1.807, 2.05) is 12.1 Å². The van der Waals surface area contributed by atoms with Crippen LogP contribution in [0.3, 0.4) is 0 Å². The van der Waals surface area contributed by atoms with Crippen LogP contribution in [-0.4, -0.2) is 46.9 Å². The predicted molar refractivity (Wildman–Crippen MR) is 96.6 cm³/mol. The van der Waals surface area contributed by atoms with Gasteiger partial charge in [-0.05, 0) is 69.7 Å². The van der Waals surface area contributed by atoms with Gasteiger partial charge < -0.3 is 15.2 Å². The third-order valence-electron chi connectivity index (χ3n) is 5.82. The van der Waals surface area contributed by atoms with Gasteiger partial charge in [-0.1, -0.05) is 6.42 Å². The summed E-state index contributed by atoms with van der Waals surface area (Å²) in [6, 6.07) is 10.4. The summed E-state index contributed by atoms with van der Waals surface area (Å²) in [7, 11) is 0. The van der Waals surface area contributed by atoms with Gasteiger partial charge in [0.1, 0.15) is 11.9 Å². The van der Waals surface area contributed by atoms with Crippen LogP contribution in [0.5, 0.6) is 5.75 Å². The smallest absolute Gasteiger partial charge is 0.124 e. The highest BCUT2D eigenvalue weighted by atomic mass is 16.5. The molecule has 2 saturated carbocycles. The zero-order chi connectivity index (χ0) is 16.5. The van der Waals surface area contributed by atoms with Crippen molar-refractivity contribution in [1.29, 1.82) is 0 Å². The van der Waals surface area contributed by atoms with E-state index in [2.05, 4.69) is 29.3 Å². The lowest BCUT2D eigenvalue weighted by Crippen LogP contribution is -2.34. The first-order chi connectivity index (χ1) is 11.7. The molecule has 4 nitrogen and oxygen atoms in total. The quantitative estimate of drug-likeness (QED) is 0.868. The van der Waals surface area contributed by atoms with Crippen molar-refractivity contribution in [3.05, 3.63) is 24.3 Å². The van der Waals surface area contributed by atoms with Crippen molar-refractivity contribution >= 4 is 5.69 Å². The lowest BCUT2D eigenvalue weighted by molar-refractivity contribution is 0.00688. The molecule has 24 heavy (non-hydrogen) atoms. The Hall–Kier alpha value is -1.26. The van der Waals surface area contributed by atoms with Gasteiger partial charge in [0, 0.05) is 30.4 Å². The predicted octanol–water partition coefficient (Wildman–Crippen LogP) is 3.41. The number of hydrogen-bond donors (Lipinski definition) is 2. The van der Waals surface area contributed by atoms with Crippen molar-refractivity contribution in [3.63, 3.8) is 0 Å². The number of benzene rings is 1. The summed E-state index contributed by atoms with van der Waals surface area (Å²) in [5, 5.41) is 13.7. The monoisotopic (exact) mass is 330 g/mol. The third-order valence-corrected chi connectivity index (χ3v) is 5.82. The van der Waals surface area contributed by atoms with Gasteiger partial charge in [-0.2, -0.15) is 0 Å². The lowest BCUT2D eigenvalue weighted by Gasteiger charge is -2.28. The molecule has 0 radical (unpaired) electrons. The minimum atomic E-state index is -0.315. The van der Waals surface area contributed by atoms with Crippen LogP contribution >= 0.6 is 0 Å². The summed E-state index contributed by atoms with van der Waals surface area (Å²) < 4.78 is 5.98. The lowest BCUT2D eigenvalue weighted by atomic mass is 9.95. The molecule has 3 fully saturated rings. The Bertz CT molecular complexity index is 543. The highest BCUT2D eigenvalue weighted by molar-refractivity contribution is 5.47. The fourth-order valence-electron chi connectivity index (χ4n) is 4.33. The van der Waals surface area contributed by atoms with E-state index in [4.69, 9.17) is 4.74 Å². The minimum absolute atomic E-state index is 0.0414. The molecule has 132 valence electrons. The van der Waals surface area contributed by atoms with Gasteiger partial charge in [-0.15, -0.1) is 0 Å². The van der Waals surface area contributed by atoms with Crippen molar-refractivity contribution < 1.29 is 9.84 Å². The Morgan fingerprint density at radius 2 is 1.83 bits per heavy atom. The molecule has 2 aliphatic carbocycles. The number of nitrogens with zero attached hydrogens (tertiary/aromatic N) is 1. The number of rotatable bonds is 5. The summed E-state index contributed by atoms with van der Waals surface area (Å²) in [6.07, 6.45) is 7.72. The largest absolute Gasteiger partial charge is 0.488 e. The first kappa shape index (κ1) is 16.2. The fraction of sp³-hybridized carbons (Fsp3) is 0.700. The van der Waals surface area contributed by atoms with Crippen LogP contribution in [0.25, 0.3) is 0 Å². The third kappa shape index (κ3) is 3.70. The average molecular weight is 330 g/mol. The topological polar surface area (TPSA) is 44.7 Å². The van der Waals surface area contributed by atoms with Gasteiger partial charge in [-0.25, -0.2) is 0 Å². The van der Waals surface area contributed by atoms with Crippen LogP contribution in [0.1, 0.15) is 51.9 Å². The number of likely N-dealkylation sites (tertiary alicyclic amines) is 1. The summed E-state index contributed by atoms with van der Waals surface area (Å²) in [5.74, 6) is 0.867. The maximum Gasteiger partial charge on any atom is 0.124 e. The highest BCUT2D eigenvalue weighted by Crippen LogP contribution is 2.34. The van der Waals surface area contributed by atoms with E-state index in [9.17, 15) is 5.11 Å². The molecule has 0 aromatic heterocycles. The van der Waals surface area contributed by atoms with E-state index in [0.717, 1.165) is 37.5 Å². The average Bonchev–Trinajstić information content (AvgIpc) is 3.35. The number of aliphatic hydroxyl groups excluding tert-OH is 1. The van der Waals surface area contributed by atoms with Gasteiger partial charge >= 0.3 is 0 Å². The molecule has 0 spiro atoms.